The summed E-state index contributed by atoms with van der Waals surface area (Å²) in [5.41, 5.74) is 4.28. The first-order valence-electron chi connectivity index (χ1n) is 8.36. The van der Waals surface area contributed by atoms with Gasteiger partial charge in [0.25, 0.3) is 0 Å². The van der Waals surface area contributed by atoms with Gasteiger partial charge in [0.05, 0.1) is 23.9 Å². The Hall–Kier alpha value is -2.33. The highest BCUT2D eigenvalue weighted by Gasteiger charge is 2.12. The highest BCUT2D eigenvalue weighted by molar-refractivity contribution is 5.74. The molecule has 1 N–H and O–H groups in total. The fraction of sp³-hybridized carbons (Fsp3) is 0.350. The highest BCUT2D eigenvalue weighted by atomic mass is 16.5. The second kappa shape index (κ2) is 7.05. The highest BCUT2D eigenvalue weighted by Crippen LogP contribution is 2.27. The zero-order chi connectivity index (χ0) is 17.1. The third kappa shape index (κ3) is 3.60. The average molecular weight is 324 g/mol. The molecule has 3 aromatic rings. The Balaban J connectivity index is 1.68. The summed E-state index contributed by atoms with van der Waals surface area (Å²) in [7, 11) is 0. The standard InChI is InChI=1S/C20H24N2O2/c1-14(2)17-9-8-15(3)10-20(17)24-12-16(23)11-22-13-21-18-6-4-5-7-19(18)22/h4-10,13-14,16,23H,11-12H2,1-3H3/t16-/m0/s1. The summed E-state index contributed by atoms with van der Waals surface area (Å²) in [6.07, 6.45) is 1.17. The Labute approximate surface area is 142 Å². The summed E-state index contributed by atoms with van der Waals surface area (Å²) >= 11 is 0. The Morgan fingerprint density at radius 2 is 1.96 bits per heavy atom. The number of hydrogen-bond acceptors (Lipinski definition) is 3. The molecule has 4 nitrogen and oxygen atoms in total. The number of rotatable bonds is 6. The number of imidazole rings is 1. The van der Waals surface area contributed by atoms with Gasteiger partial charge >= 0.3 is 0 Å². The summed E-state index contributed by atoms with van der Waals surface area (Å²) in [6.45, 7) is 7.06. The lowest BCUT2D eigenvalue weighted by Gasteiger charge is -2.18. The van der Waals surface area contributed by atoms with E-state index in [0.717, 1.165) is 22.3 Å². The van der Waals surface area contributed by atoms with E-state index in [4.69, 9.17) is 4.74 Å². The topological polar surface area (TPSA) is 47.3 Å². The molecule has 1 atom stereocenters. The van der Waals surface area contributed by atoms with Crippen LogP contribution in [0.25, 0.3) is 11.0 Å². The van der Waals surface area contributed by atoms with Crippen LogP contribution in [-0.4, -0.2) is 27.4 Å². The van der Waals surface area contributed by atoms with Gasteiger partial charge in [-0.25, -0.2) is 4.98 Å². The average Bonchev–Trinajstić information content (AvgIpc) is 2.96. The van der Waals surface area contributed by atoms with Crippen molar-refractivity contribution >= 4 is 11.0 Å². The number of benzene rings is 2. The zero-order valence-corrected chi connectivity index (χ0v) is 14.4. The molecule has 0 fully saturated rings. The van der Waals surface area contributed by atoms with E-state index in [2.05, 4.69) is 31.0 Å². The Kier molecular flexibility index (Phi) is 4.86. The van der Waals surface area contributed by atoms with Gasteiger partial charge in [0.2, 0.25) is 0 Å². The van der Waals surface area contributed by atoms with Gasteiger partial charge in [0, 0.05) is 0 Å². The molecule has 0 spiro atoms. The van der Waals surface area contributed by atoms with Gasteiger partial charge < -0.3 is 14.4 Å². The fourth-order valence-corrected chi connectivity index (χ4v) is 2.87. The van der Waals surface area contributed by atoms with E-state index >= 15 is 0 Å². The molecule has 0 radical (unpaired) electrons. The van der Waals surface area contributed by atoms with Crippen molar-refractivity contribution in [1.82, 2.24) is 9.55 Å². The maximum Gasteiger partial charge on any atom is 0.123 e. The molecule has 0 amide bonds. The molecule has 0 unspecified atom stereocenters. The molecule has 0 aliphatic rings. The van der Waals surface area contributed by atoms with Gasteiger partial charge in [-0.05, 0) is 42.2 Å². The van der Waals surface area contributed by atoms with Crippen molar-refractivity contribution < 1.29 is 9.84 Å². The maximum atomic E-state index is 10.4. The van der Waals surface area contributed by atoms with Gasteiger partial charge in [0.1, 0.15) is 18.5 Å². The van der Waals surface area contributed by atoms with Gasteiger partial charge in [-0.3, -0.25) is 0 Å². The number of ether oxygens (including phenoxy) is 1. The summed E-state index contributed by atoms with van der Waals surface area (Å²) in [6, 6.07) is 14.1. The van der Waals surface area contributed by atoms with Crippen LogP contribution in [0.15, 0.2) is 48.8 Å². The largest absolute Gasteiger partial charge is 0.491 e. The fourth-order valence-electron chi connectivity index (χ4n) is 2.87. The molecular weight excluding hydrogens is 300 g/mol. The minimum absolute atomic E-state index is 0.260. The van der Waals surface area contributed by atoms with Gasteiger partial charge in [-0.1, -0.05) is 38.1 Å². The van der Waals surface area contributed by atoms with E-state index in [0.29, 0.717) is 12.5 Å². The minimum Gasteiger partial charge on any atom is -0.491 e. The lowest BCUT2D eigenvalue weighted by Crippen LogP contribution is -2.23. The van der Waals surface area contributed by atoms with Crippen LogP contribution in [0.3, 0.4) is 0 Å². The predicted octanol–water partition coefficient (Wildman–Crippen LogP) is 3.91. The number of aromatic nitrogens is 2. The molecule has 0 aliphatic heterocycles. The van der Waals surface area contributed by atoms with Gasteiger partial charge in [-0.2, -0.15) is 0 Å². The summed E-state index contributed by atoms with van der Waals surface area (Å²) in [5, 5.41) is 10.4. The monoisotopic (exact) mass is 324 g/mol. The molecule has 24 heavy (non-hydrogen) atoms. The molecule has 1 heterocycles. The number of para-hydroxylation sites is 2. The summed E-state index contributed by atoms with van der Waals surface area (Å²) in [5.74, 6) is 1.25. The predicted molar refractivity (Wildman–Crippen MR) is 96.5 cm³/mol. The van der Waals surface area contributed by atoms with Crippen molar-refractivity contribution in [3.8, 4) is 5.75 Å². The zero-order valence-electron chi connectivity index (χ0n) is 14.4. The Morgan fingerprint density at radius 1 is 1.17 bits per heavy atom. The van der Waals surface area contributed by atoms with Gasteiger partial charge in [-0.15, -0.1) is 0 Å². The lowest BCUT2D eigenvalue weighted by molar-refractivity contribution is 0.0928. The lowest BCUT2D eigenvalue weighted by atomic mass is 10.0. The summed E-state index contributed by atoms with van der Waals surface area (Å²) < 4.78 is 7.88. The van der Waals surface area contributed by atoms with E-state index in [1.807, 2.05) is 41.8 Å². The molecule has 3 rings (SSSR count). The number of nitrogens with zero attached hydrogens (tertiary/aromatic N) is 2. The van der Waals surface area contributed by atoms with Crippen LogP contribution in [-0.2, 0) is 6.54 Å². The van der Waals surface area contributed by atoms with E-state index < -0.39 is 6.10 Å². The van der Waals surface area contributed by atoms with Crippen LogP contribution in [0.4, 0.5) is 0 Å². The van der Waals surface area contributed by atoms with Crippen LogP contribution >= 0.6 is 0 Å². The third-order valence-corrected chi connectivity index (χ3v) is 4.16. The number of aliphatic hydroxyl groups is 1. The molecule has 0 bridgehead atoms. The van der Waals surface area contributed by atoms with E-state index in [1.54, 1.807) is 6.33 Å². The van der Waals surface area contributed by atoms with Crippen molar-refractivity contribution in [3.63, 3.8) is 0 Å². The van der Waals surface area contributed by atoms with Crippen LogP contribution in [0.5, 0.6) is 5.75 Å². The van der Waals surface area contributed by atoms with E-state index in [9.17, 15) is 5.11 Å². The summed E-state index contributed by atoms with van der Waals surface area (Å²) in [4.78, 5) is 4.35. The Bertz CT molecular complexity index is 823. The van der Waals surface area contributed by atoms with Crippen molar-refractivity contribution in [2.24, 2.45) is 0 Å². The number of aliphatic hydroxyl groups excluding tert-OH is 1. The van der Waals surface area contributed by atoms with Crippen molar-refractivity contribution in [2.75, 3.05) is 6.61 Å². The number of hydrogen-bond donors (Lipinski definition) is 1. The maximum absolute atomic E-state index is 10.4. The molecule has 0 saturated carbocycles. The first-order chi connectivity index (χ1) is 11.5. The van der Waals surface area contributed by atoms with Gasteiger partial charge in [0.15, 0.2) is 0 Å². The molecule has 2 aromatic carbocycles. The molecular formula is C20H24N2O2. The normalized spacial score (nSPS) is 12.7. The first-order valence-corrected chi connectivity index (χ1v) is 8.36. The Morgan fingerprint density at radius 3 is 2.75 bits per heavy atom. The molecule has 4 heteroatoms. The van der Waals surface area contributed by atoms with Crippen LogP contribution in [0, 0.1) is 6.92 Å². The molecule has 0 saturated heterocycles. The molecule has 1 aromatic heterocycles. The number of fused-ring (bicyclic) bond motifs is 1. The van der Waals surface area contributed by atoms with Crippen LogP contribution in [0.1, 0.15) is 30.9 Å². The second-order valence-corrected chi connectivity index (χ2v) is 6.55. The van der Waals surface area contributed by atoms with E-state index in [-0.39, 0.29) is 6.61 Å². The smallest absolute Gasteiger partial charge is 0.123 e. The molecule has 126 valence electrons. The first kappa shape index (κ1) is 16.5. The third-order valence-electron chi connectivity index (χ3n) is 4.16. The minimum atomic E-state index is -0.594. The number of aryl methyl sites for hydroxylation is 1. The second-order valence-electron chi connectivity index (χ2n) is 6.55. The molecule has 0 aliphatic carbocycles. The van der Waals surface area contributed by atoms with E-state index in [1.165, 1.54) is 5.56 Å². The van der Waals surface area contributed by atoms with Crippen LogP contribution < -0.4 is 4.74 Å². The SMILES string of the molecule is Cc1ccc(C(C)C)c(OC[C@@H](O)Cn2cnc3ccccc32)c1. The van der Waals surface area contributed by atoms with Crippen molar-refractivity contribution in [3.05, 3.63) is 59.9 Å². The van der Waals surface area contributed by atoms with Crippen molar-refractivity contribution in [1.29, 1.82) is 0 Å². The van der Waals surface area contributed by atoms with Crippen molar-refractivity contribution in [2.45, 2.75) is 39.3 Å². The quantitative estimate of drug-likeness (QED) is 0.748. The van der Waals surface area contributed by atoms with Crippen LogP contribution in [0.2, 0.25) is 0 Å².